The largest absolute Gasteiger partial charge is 0.501 e. The van der Waals surface area contributed by atoms with E-state index in [2.05, 4.69) is 5.32 Å². The number of carbonyl (C=O) groups is 3. The minimum atomic E-state index is -0.664. The highest BCUT2D eigenvalue weighted by molar-refractivity contribution is 8.04. The number of fused-ring (bicyclic) bond motifs is 1. The second kappa shape index (κ2) is 8.22. The van der Waals surface area contributed by atoms with Gasteiger partial charge in [-0.25, -0.2) is 9.18 Å². The van der Waals surface area contributed by atoms with E-state index < -0.39 is 23.0 Å². The molecule has 2 aliphatic rings. The van der Waals surface area contributed by atoms with Crippen LogP contribution in [0.25, 0.3) is 0 Å². The summed E-state index contributed by atoms with van der Waals surface area (Å²) in [6.07, 6.45) is 3.19. The van der Waals surface area contributed by atoms with E-state index in [1.54, 1.807) is 11.5 Å². The van der Waals surface area contributed by atoms with E-state index in [1.807, 2.05) is 6.92 Å². The first kappa shape index (κ1) is 19.6. The highest BCUT2D eigenvalue weighted by Crippen LogP contribution is 2.28. The maximum atomic E-state index is 13.9. The van der Waals surface area contributed by atoms with Gasteiger partial charge in [-0.15, -0.1) is 11.8 Å². The standard InChI is InChI=1S/C18H17ClFN3O3S/c1-2-3-7-22-17(25)16-14(6-8-27-16)23(18(22)26)10-15(24)21-13-5-4-11(19)9-12(13)20/h4-6,8-9,16H,2-3,7,10H2,1H3/p+1. The van der Waals surface area contributed by atoms with Crippen molar-refractivity contribution in [2.24, 2.45) is 0 Å². The fourth-order valence-electron chi connectivity index (χ4n) is 2.86. The Morgan fingerprint density at radius 1 is 1.41 bits per heavy atom. The molecule has 0 aliphatic carbocycles. The molecule has 0 saturated heterocycles. The molecule has 0 saturated carbocycles. The van der Waals surface area contributed by atoms with Gasteiger partial charge in [-0.2, -0.15) is 14.3 Å². The molecule has 0 aromatic heterocycles. The van der Waals surface area contributed by atoms with E-state index in [4.69, 9.17) is 11.6 Å². The number of amides is 4. The predicted octanol–water partition coefficient (Wildman–Crippen LogP) is 3.26. The van der Waals surface area contributed by atoms with Crippen molar-refractivity contribution in [3.63, 3.8) is 0 Å². The number of urea groups is 1. The molecule has 0 spiro atoms. The molecule has 6 nitrogen and oxygen atoms in total. The van der Waals surface area contributed by atoms with Crippen molar-refractivity contribution in [2.45, 2.75) is 25.0 Å². The fraction of sp³-hybridized carbons (Fsp3) is 0.333. The molecule has 1 atom stereocenters. The van der Waals surface area contributed by atoms with Gasteiger partial charge in [-0.05, 0) is 36.1 Å². The second-order valence-electron chi connectivity index (χ2n) is 6.13. The number of allylic oxidation sites excluding steroid dienone is 1. The number of hydrogen-bond donors (Lipinski definition) is 1. The number of benzene rings is 1. The molecule has 2 heterocycles. The van der Waals surface area contributed by atoms with E-state index in [-0.39, 0.29) is 23.2 Å². The summed E-state index contributed by atoms with van der Waals surface area (Å²) in [5.41, 5.74) is 0.458. The molecule has 9 heteroatoms. The minimum absolute atomic E-state index is 0.0225. The summed E-state index contributed by atoms with van der Waals surface area (Å²) >= 11 is 7.01. The molecule has 0 bridgehead atoms. The molecule has 0 fully saturated rings. The Kier molecular flexibility index (Phi) is 5.96. The van der Waals surface area contributed by atoms with Crippen molar-refractivity contribution in [1.82, 2.24) is 4.90 Å². The Hall–Kier alpha value is -2.19. The third-order valence-corrected chi connectivity index (χ3v) is 5.47. The van der Waals surface area contributed by atoms with Crippen LogP contribution in [0.4, 0.5) is 14.9 Å². The van der Waals surface area contributed by atoms with Crippen LogP contribution in [0.1, 0.15) is 19.8 Å². The van der Waals surface area contributed by atoms with Gasteiger partial charge in [0.05, 0.1) is 12.2 Å². The zero-order chi connectivity index (χ0) is 19.6. The summed E-state index contributed by atoms with van der Waals surface area (Å²) in [4.78, 5) is 38.9. The van der Waals surface area contributed by atoms with Crippen LogP contribution in [0.5, 0.6) is 0 Å². The summed E-state index contributed by atoms with van der Waals surface area (Å²) in [5, 5.41) is 3.86. The Morgan fingerprint density at radius 3 is 2.89 bits per heavy atom. The minimum Gasteiger partial charge on any atom is -0.320 e. The van der Waals surface area contributed by atoms with Crippen molar-refractivity contribution in [3.8, 4) is 0 Å². The van der Waals surface area contributed by atoms with E-state index in [0.29, 0.717) is 18.7 Å². The Bertz CT molecular complexity index is 871. The third-order valence-electron chi connectivity index (χ3n) is 4.23. The quantitative estimate of drug-likeness (QED) is 0.731. The number of rotatable bonds is 6. The summed E-state index contributed by atoms with van der Waals surface area (Å²) in [6, 6.07) is 3.37. The molecule has 142 valence electrons. The lowest BCUT2D eigenvalue weighted by Gasteiger charge is -2.24. The van der Waals surface area contributed by atoms with Crippen LogP contribution in [0.2, 0.25) is 5.02 Å². The SMILES string of the molecule is CCCCN1C(=O)C2SC=CC2=[N+](CC(=O)Nc2ccc(Cl)cc2F)C1=O. The first-order valence-corrected chi connectivity index (χ1v) is 9.81. The number of anilines is 1. The number of thioether (sulfide) groups is 1. The van der Waals surface area contributed by atoms with Crippen molar-refractivity contribution in [1.29, 1.82) is 0 Å². The van der Waals surface area contributed by atoms with E-state index >= 15 is 0 Å². The van der Waals surface area contributed by atoms with Crippen LogP contribution in [0.15, 0.2) is 29.7 Å². The molecule has 1 aromatic rings. The van der Waals surface area contributed by atoms with Crippen LogP contribution >= 0.6 is 23.4 Å². The highest BCUT2D eigenvalue weighted by atomic mass is 35.5. The Balaban J connectivity index is 1.81. The van der Waals surface area contributed by atoms with Gasteiger partial charge in [0.15, 0.2) is 11.8 Å². The molecule has 4 amide bonds. The number of hydrogen-bond acceptors (Lipinski definition) is 4. The van der Waals surface area contributed by atoms with Crippen LogP contribution in [0.3, 0.4) is 0 Å². The van der Waals surface area contributed by atoms with Crippen LogP contribution in [-0.2, 0) is 9.59 Å². The van der Waals surface area contributed by atoms with Crippen molar-refractivity contribution >= 4 is 52.6 Å². The van der Waals surface area contributed by atoms with Crippen molar-refractivity contribution < 1.29 is 23.3 Å². The normalized spacial score (nSPS) is 18.9. The third kappa shape index (κ3) is 4.06. The van der Waals surface area contributed by atoms with Crippen molar-refractivity contribution in [2.75, 3.05) is 18.4 Å². The van der Waals surface area contributed by atoms with Crippen LogP contribution in [-0.4, -0.2) is 51.4 Å². The van der Waals surface area contributed by atoms with Gasteiger partial charge in [-0.1, -0.05) is 24.9 Å². The number of unbranched alkanes of at least 4 members (excludes halogenated alkanes) is 1. The van der Waals surface area contributed by atoms with Gasteiger partial charge in [0.1, 0.15) is 11.5 Å². The molecule has 27 heavy (non-hydrogen) atoms. The first-order chi connectivity index (χ1) is 12.9. The number of nitrogens with zero attached hydrogens (tertiary/aromatic N) is 2. The van der Waals surface area contributed by atoms with Crippen LogP contribution < -0.4 is 5.32 Å². The summed E-state index contributed by atoms with van der Waals surface area (Å²) < 4.78 is 15.2. The lowest BCUT2D eigenvalue weighted by atomic mass is 10.1. The lowest BCUT2D eigenvalue weighted by molar-refractivity contribution is -0.425. The molecule has 1 unspecified atom stereocenters. The fourth-order valence-corrected chi connectivity index (χ4v) is 3.98. The maximum absolute atomic E-state index is 13.9. The van der Waals surface area contributed by atoms with Gasteiger partial charge >= 0.3 is 11.9 Å². The number of carbonyl (C=O) groups excluding carboxylic acids is 3. The molecule has 1 aromatic carbocycles. The van der Waals surface area contributed by atoms with E-state index in [9.17, 15) is 18.8 Å². The molecular weight excluding hydrogens is 393 g/mol. The second-order valence-corrected chi connectivity index (χ2v) is 7.58. The summed E-state index contributed by atoms with van der Waals surface area (Å²) in [7, 11) is 0. The molecule has 1 N–H and O–H groups in total. The smallest absolute Gasteiger partial charge is 0.320 e. The summed E-state index contributed by atoms with van der Waals surface area (Å²) in [5.74, 6) is -1.49. The van der Waals surface area contributed by atoms with E-state index in [1.165, 1.54) is 33.4 Å². The molecular formula is C18H18ClFN3O3S+. The van der Waals surface area contributed by atoms with Gasteiger partial charge < -0.3 is 5.32 Å². The number of imide groups is 1. The average molecular weight is 411 g/mol. The average Bonchev–Trinajstić information content (AvgIpc) is 3.11. The topological polar surface area (TPSA) is 69.5 Å². The summed E-state index contributed by atoms with van der Waals surface area (Å²) in [6.45, 7) is 1.96. The molecule has 2 aliphatic heterocycles. The van der Waals surface area contributed by atoms with Crippen molar-refractivity contribution in [3.05, 3.63) is 40.5 Å². The monoisotopic (exact) mass is 410 g/mol. The highest BCUT2D eigenvalue weighted by Gasteiger charge is 2.49. The van der Waals surface area contributed by atoms with Gasteiger partial charge in [0.25, 0.3) is 5.91 Å². The van der Waals surface area contributed by atoms with E-state index in [0.717, 1.165) is 12.5 Å². The van der Waals surface area contributed by atoms with Crippen LogP contribution in [0, 0.1) is 5.82 Å². The number of halogens is 2. The number of nitrogens with one attached hydrogen (secondary N) is 1. The Labute approximate surface area is 165 Å². The van der Waals surface area contributed by atoms with Gasteiger partial charge in [0, 0.05) is 5.02 Å². The first-order valence-electron chi connectivity index (χ1n) is 8.49. The zero-order valence-electron chi connectivity index (χ0n) is 14.6. The Morgan fingerprint density at radius 2 is 2.19 bits per heavy atom. The van der Waals surface area contributed by atoms with Gasteiger partial charge in [-0.3, -0.25) is 4.79 Å². The zero-order valence-corrected chi connectivity index (χ0v) is 16.1. The maximum Gasteiger partial charge on any atom is 0.501 e. The van der Waals surface area contributed by atoms with Gasteiger partial charge in [0.2, 0.25) is 0 Å². The molecule has 3 rings (SSSR count). The lowest BCUT2D eigenvalue weighted by Crippen LogP contribution is -2.56. The molecule has 0 radical (unpaired) electrons. The predicted molar refractivity (Wildman–Crippen MR) is 103 cm³/mol.